The van der Waals surface area contributed by atoms with Gasteiger partial charge in [0.05, 0.1) is 29.8 Å². The molecule has 0 amide bonds. The average Bonchev–Trinajstić information content (AvgIpc) is 3.17. The van der Waals surface area contributed by atoms with Crippen molar-refractivity contribution in [3.63, 3.8) is 0 Å². The van der Waals surface area contributed by atoms with Crippen LogP contribution in [0.15, 0.2) is 24.3 Å². The van der Waals surface area contributed by atoms with Gasteiger partial charge in [0.15, 0.2) is 0 Å². The fraction of sp³-hybridized carbons (Fsp3) is 0.615. The Morgan fingerprint density at radius 1 is 1.24 bits per heavy atom. The Balaban J connectivity index is 1.39. The number of carboxylic acid groups (broad SMARTS) is 1. The summed E-state index contributed by atoms with van der Waals surface area (Å²) in [5, 5.41) is 11.0. The molecule has 1 saturated carbocycles. The highest BCUT2D eigenvalue weighted by atomic mass is 35.5. The van der Waals surface area contributed by atoms with E-state index in [0.29, 0.717) is 23.8 Å². The first kappa shape index (κ1) is 26.0. The number of halogens is 1. The number of aromatic nitrogens is 1. The minimum Gasteiger partial charge on any atom is -0.481 e. The summed E-state index contributed by atoms with van der Waals surface area (Å²) in [5.41, 5.74) is 2.47. The lowest BCUT2D eigenvalue weighted by Gasteiger charge is -2.46. The van der Waals surface area contributed by atoms with Gasteiger partial charge < -0.3 is 9.84 Å². The van der Waals surface area contributed by atoms with E-state index < -0.39 is 5.97 Å². The second-order valence-corrected chi connectivity index (χ2v) is 12.4. The number of benzene rings is 1. The van der Waals surface area contributed by atoms with Crippen LogP contribution >= 0.6 is 34.7 Å². The Bertz CT molecular complexity index is 925. The molecule has 0 radical (unpaired) electrons. The quantitative estimate of drug-likeness (QED) is 0.410. The Kier molecular flexibility index (Phi) is 9.33. The maximum absolute atomic E-state index is 10.8. The van der Waals surface area contributed by atoms with E-state index in [1.165, 1.54) is 46.8 Å². The Morgan fingerprint density at radius 3 is 2.62 bits per heavy atom. The predicted octanol–water partition coefficient (Wildman–Crippen LogP) is 5.96. The molecule has 2 aromatic rings. The number of aliphatic carboxylic acids is 1. The van der Waals surface area contributed by atoms with Crippen molar-refractivity contribution in [1.29, 1.82) is 0 Å². The second kappa shape index (κ2) is 12.2. The monoisotopic (exact) mass is 522 g/mol. The summed E-state index contributed by atoms with van der Waals surface area (Å²) >= 11 is 9.67. The summed E-state index contributed by atoms with van der Waals surface area (Å²) in [6.45, 7) is 5.93. The molecule has 5 nitrogen and oxygen atoms in total. The molecule has 8 heteroatoms. The van der Waals surface area contributed by atoms with Crippen LogP contribution in [0.3, 0.4) is 0 Å². The molecule has 1 aliphatic heterocycles. The first-order valence-electron chi connectivity index (χ1n) is 12.2. The van der Waals surface area contributed by atoms with Gasteiger partial charge in [-0.05, 0) is 63.6 Å². The second-order valence-electron chi connectivity index (χ2n) is 9.55. The van der Waals surface area contributed by atoms with E-state index in [1.807, 2.05) is 23.5 Å². The van der Waals surface area contributed by atoms with Gasteiger partial charge in [-0.2, -0.15) is 11.8 Å². The van der Waals surface area contributed by atoms with Gasteiger partial charge in [-0.25, -0.2) is 4.98 Å². The minimum atomic E-state index is -0.732. The van der Waals surface area contributed by atoms with Crippen LogP contribution in [-0.2, 0) is 16.0 Å². The van der Waals surface area contributed by atoms with E-state index in [9.17, 15) is 4.79 Å². The van der Waals surface area contributed by atoms with Crippen molar-refractivity contribution in [3.05, 3.63) is 50.4 Å². The molecule has 2 atom stereocenters. The molecule has 1 N–H and O–H groups in total. The number of morpholine rings is 1. The van der Waals surface area contributed by atoms with Gasteiger partial charge in [0.2, 0.25) is 0 Å². The van der Waals surface area contributed by atoms with Gasteiger partial charge in [-0.3, -0.25) is 9.69 Å². The van der Waals surface area contributed by atoms with E-state index in [4.69, 9.17) is 26.4 Å². The maximum Gasteiger partial charge on any atom is 0.304 e. The standard InChI is InChI=1S/C26H35ClN2O3S2/c1-17-18(2)34-26(28-17)20-5-9-22(10-6-20)29-14-24(16-33-12-11-25(30)31)32-15-23(29)13-19-3-7-21(27)8-4-19/h3-4,7-8,20,22-24H,5-6,9-16H2,1-2H3,(H,30,31). The van der Waals surface area contributed by atoms with Crippen molar-refractivity contribution in [1.82, 2.24) is 9.88 Å². The van der Waals surface area contributed by atoms with E-state index in [1.54, 1.807) is 11.8 Å². The zero-order valence-electron chi connectivity index (χ0n) is 20.0. The summed E-state index contributed by atoms with van der Waals surface area (Å²) in [6, 6.07) is 9.10. The lowest BCUT2D eigenvalue weighted by molar-refractivity contribution is -0.136. The van der Waals surface area contributed by atoms with Crippen LogP contribution in [0, 0.1) is 13.8 Å². The summed E-state index contributed by atoms with van der Waals surface area (Å²) in [6.07, 6.45) is 6.10. The normalized spacial score (nSPS) is 26.0. The van der Waals surface area contributed by atoms with Gasteiger partial charge >= 0.3 is 5.97 Å². The molecule has 1 aromatic carbocycles. The Morgan fingerprint density at radius 2 is 1.97 bits per heavy atom. The van der Waals surface area contributed by atoms with Crippen molar-refractivity contribution in [3.8, 4) is 0 Å². The van der Waals surface area contributed by atoms with E-state index in [-0.39, 0.29) is 12.5 Å². The summed E-state index contributed by atoms with van der Waals surface area (Å²) in [5.74, 6) is 1.35. The van der Waals surface area contributed by atoms with Crippen LogP contribution in [0.5, 0.6) is 0 Å². The van der Waals surface area contributed by atoms with Gasteiger partial charge in [-0.1, -0.05) is 23.7 Å². The van der Waals surface area contributed by atoms with Crippen LogP contribution in [-0.4, -0.2) is 63.8 Å². The average molecular weight is 523 g/mol. The largest absolute Gasteiger partial charge is 0.481 e. The highest BCUT2D eigenvalue weighted by Crippen LogP contribution is 2.38. The number of thioether (sulfide) groups is 1. The fourth-order valence-electron chi connectivity index (χ4n) is 5.10. The maximum atomic E-state index is 10.8. The number of hydrogen-bond donors (Lipinski definition) is 1. The number of thiazole rings is 1. The molecule has 4 rings (SSSR count). The van der Waals surface area contributed by atoms with Crippen LogP contribution in [0.2, 0.25) is 5.02 Å². The summed E-state index contributed by atoms with van der Waals surface area (Å²) in [7, 11) is 0. The highest BCUT2D eigenvalue weighted by Gasteiger charge is 2.36. The fourth-order valence-corrected chi connectivity index (χ4v) is 7.27. The number of ether oxygens (including phenoxy) is 1. The minimum absolute atomic E-state index is 0.155. The lowest BCUT2D eigenvalue weighted by Crippen LogP contribution is -2.56. The molecule has 2 aliphatic rings. The van der Waals surface area contributed by atoms with Crippen LogP contribution in [0.4, 0.5) is 0 Å². The molecule has 2 fully saturated rings. The number of hydrogen-bond acceptors (Lipinski definition) is 6. The lowest BCUT2D eigenvalue weighted by atomic mass is 9.84. The molecule has 0 spiro atoms. The zero-order chi connectivity index (χ0) is 24.1. The Hall–Kier alpha value is -1.12. The van der Waals surface area contributed by atoms with Gasteiger partial charge in [0.25, 0.3) is 0 Å². The zero-order valence-corrected chi connectivity index (χ0v) is 22.4. The first-order chi connectivity index (χ1) is 16.4. The molecular formula is C26H35ClN2O3S2. The molecular weight excluding hydrogens is 488 g/mol. The van der Waals surface area contributed by atoms with Crippen molar-refractivity contribution < 1.29 is 14.6 Å². The molecule has 2 heterocycles. The number of carboxylic acids is 1. The third-order valence-corrected chi connectivity index (χ3v) is 9.70. The highest BCUT2D eigenvalue weighted by molar-refractivity contribution is 7.99. The molecule has 0 bridgehead atoms. The summed E-state index contributed by atoms with van der Waals surface area (Å²) < 4.78 is 6.28. The molecule has 1 aromatic heterocycles. The van der Waals surface area contributed by atoms with Crippen LogP contribution < -0.4 is 0 Å². The van der Waals surface area contributed by atoms with Crippen molar-refractivity contribution >= 4 is 40.7 Å². The number of nitrogens with zero attached hydrogens (tertiary/aromatic N) is 2. The summed E-state index contributed by atoms with van der Waals surface area (Å²) in [4.78, 5) is 19.7. The van der Waals surface area contributed by atoms with Crippen molar-refractivity contribution in [2.75, 3.05) is 24.7 Å². The van der Waals surface area contributed by atoms with Gasteiger partial charge in [-0.15, -0.1) is 11.3 Å². The van der Waals surface area contributed by atoms with Crippen LogP contribution in [0.25, 0.3) is 0 Å². The first-order valence-corrected chi connectivity index (χ1v) is 14.6. The topological polar surface area (TPSA) is 62.7 Å². The van der Waals surface area contributed by atoms with Crippen molar-refractivity contribution in [2.45, 2.75) is 76.5 Å². The van der Waals surface area contributed by atoms with Crippen molar-refractivity contribution in [2.24, 2.45) is 0 Å². The predicted molar refractivity (Wildman–Crippen MR) is 142 cm³/mol. The molecule has 34 heavy (non-hydrogen) atoms. The van der Waals surface area contributed by atoms with Crippen LogP contribution in [0.1, 0.15) is 59.2 Å². The molecule has 1 saturated heterocycles. The smallest absolute Gasteiger partial charge is 0.304 e. The molecule has 1 aliphatic carbocycles. The molecule has 2 unspecified atom stereocenters. The molecule has 186 valence electrons. The SMILES string of the molecule is Cc1nc(C2CCC(N3CC(CSCCC(=O)O)OCC3Cc3ccc(Cl)cc3)CC2)sc1C. The van der Waals surface area contributed by atoms with E-state index >= 15 is 0 Å². The number of rotatable bonds is 9. The van der Waals surface area contributed by atoms with E-state index in [2.05, 4.69) is 30.9 Å². The number of aryl methyl sites for hydroxylation is 2. The van der Waals surface area contributed by atoms with Gasteiger partial charge in [0.1, 0.15) is 0 Å². The van der Waals surface area contributed by atoms with E-state index in [0.717, 1.165) is 30.3 Å². The Labute approximate surface area is 216 Å². The third kappa shape index (κ3) is 6.97. The third-order valence-electron chi connectivity index (χ3n) is 7.12. The van der Waals surface area contributed by atoms with Gasteiger partial charge in [0, 0.05) is 46.0 Å². The number of carbonyl (C=O) groups is 1.